The topological polar surface area (TPSA) is 95.6 Å². The quantitative estimate of drug-likeness (QED) is 0.647. The van der Waals surface area contributed by atoms with Crippen molar-refractivity contribution >= 4 is 39.1 Å². The second-order valence-electron chi connectivity index (χ2n) is 9.44. The highest BCUT2D eigenvalue weighted by Gasteiger charge is 2.51. The predicted molar refractivity (Wildman–Crippen MR) is 115 cm³/mol. The smallest absolute Gasteiger partial charge is 0.259 e. The number of anilines is 1. The van der Waals surface area contributed by atoms with Gasteiger partial charge in [0.2, 0.25) is 15.9 Å². The van der Waals surface area contributed by atoms with Gasteiger partial charge in [0.1, 0.15) is 6.54 Å². The third kappa shape index (κ3) is 4.75. The van der Waals surface area contributed by atoms with Crippen molar-refractivity contribution in [1.29, 1.82) is 0 Å². The molecular formula is C21H28ClN3O4S. The monoisotopic (exact) mass is 453 g/mol. The predicted octanol–water partition coefficient (Wildman–Crippen LogP) is 2.86. The fraction of sp³-hybridized carbons (Fsp3) is 0.619. The summed E-state index contributed by atoms with van der Waals surface area (Å²) in [5.74, 6) is 1.43. The summed E-state index contributed by atoms with van der Waals surface area (Å²) < 4.78 is 25.3. The lowest BCUT2D eigenvalue weighted by Gasteiger charge is -2.56. The molecule has 2 N–H and O–H groups in total. The molecule has 4 aliphatic rings. The van der Waals surface area contributed by atoms with E-state index in [1.54, 1.807) is 18.2 Å². The average Bonchev–Trinajstić information content (AvgIpc) is 2.62. The van der Waals surface area contributed by atoms with Gasteiger partial charge in [-0.05, 0) is 79.9 Å². The number of hydrogen-bond donors (Lipinski definition) is 2. The Morgan fingerprint density at radius 1 is 1.07 bits per heavy atom. The first-order valence-electron chi connectivity index (χ1n) is 10.4. The number of nitrogens with zero attached hydrogens (tertiary/aromatic N) is 1. The lowest BCUT2D eigenvalue weighted by atomic mass is 9.49. The zero-order chi connectivity index (χ0) is 21.5. The molecule has 5 rings (SSSR count). The van der Waals surface area contributed by atoms with Crippen LogP contribution in [0.2, 0.25) is 5.02 Å². The maximum atomic E-state index is 12.6. The Kier molecular flexibility index (Phi) is 5.74. The van der Waals surface area contributed by atoms with E-state index in [9.17, 15) is 18.0 Å². The van der Waals surface area contributed by atoms with Crippen molar-refractivity contribution < 1.29 is 18.0 Å². The van der Waals surface area contributed by atoms with E-state index in [-0.39, 0.29) is 11.3 Å². The van der Waals surface area contributed by atoms with E-state index in [4.69, 9.17) is 11.6 Å². The Labute approximate surface area is 182 Å². The molecule has 0 saturated heterocycles. The summed E-state index contributed by atoms with van der Waals surface area (Å²) >= 11 is 5.95. The van der Waals surface area contributed by atoms with Crippen LogP contribution in [-0.2, 0) is 19.6 Å². The van der Waals surface area contributed by atoms with Gasteiger partial charge in [-0.1, -0.05) is 17.7 Å². The molecule has 0 radical (unpaired) electrons. The number of halogens is 1. The van der Waals surface area contributed by atoms with Gasteiger partial charge in [-0.3, -0.25) is 24.7 Å². The van der Waals surface area contributed by atoms with Gasteiger partial charge in [0.25, 0.3) is 5.91 Å². The Hall–Kier alpha value is -1.80. The molecule has 0 aromatic heterocycles. The van der Waals surface area contributed by atoms with Gasteiger partial charge in [-0.25, -0.2) is 8.42 Å². The summed E-state index contributed by atoms with van der Waals surface area (Å²) in [5.41, 5.74) is 5.23. The largest absolute Gasteiger partial charge is 0.273 e. The zero-order valence-electron chi connectivity index (χ0n) is 17.1. The summed E-state index contributed by atoms with van der Waals surface area (Å²) in [4.78, 5) is 24.9. The second kappa shape index (κ2) is 8.04. The van der Waals surface area contributed by atoms with Crippen molar-refractivity contribution in [3.05, 3.63) is 29.3 Å². The van der Waals surface area contributed by atoms with Crippen LogP contribution < -0.4 is 15.2 Å². The molecule has 4 aliphatic carbocycles. The molecule has 4 saturated carbocycles. The molecule has 0 aliphatic heterocycles. The molecule has 1 aromatic carbocycles. The minimum atomic E-state index is -3.70. The van der Waals surface area contributed by atoms with E-state index < -0.39 is 22.5 Å². The second-order valence-corrected chi connectivity index (χ2v) is 11.8. The minimum absolute atomic E-state index is 0.0726. The molecule has 4 bridgehead atoms. The van der Waals surface area contributed by atoms with Crippen molar-refractivity contribution in [3.8, 4) is 0 Å². The van der Waals surface area contributed by atoms with Crippen LogP contribution in [0.5, 0.6) is 0 Å². The maximum absolute atomic E-state index is 12.6. The van der Waals surface area contributed by atoms with Crippen LogP contribution in [0.1, 0.15) is 44.9 Å². The molecule has 30 heavy (non-hydrogen) atoms. The van der Waals surface area contributed by atoms with Crippen LogP contribution in [0.3, 0.4) is 0 Å². The van der Waals surface area contributed by atoms with Crippen molar-refractivity contribution in [2.75, 3.05) is 17.1 Å². The zero-order valence-corrected chi connectivity index (χ0v) is 18.6. The summed E-state index contributed by atoms with van der Waals surface area (Å²) in [7, 11) is -3.70. The molecule has 0 unspecified atom stereocenters. The van der Waals surface area contributed by atoms with E-state index in [2.05, 4.69) is 10.9 Å². The molecule has 0 heterocycles. The van der Waals surface area contributed by atoms with E-state index in [0.29, 0.717) is 17.1 Å². The third-order valence-corrected chi connectivity index (χ3v) is 8.20. The van der Waals surface area contributed by atoms with Crippen LogP contribution in [-0.4, -0.2) is 33.0 Å². The van der Waals surface area contributed by atoms with Gasteiger partial charge < -0.3 is 0 Å². The molecule has 0 atom stereocenters. The van der Waals surface area contributed by atoms with Crippen LogP contribution in [0, 0.1) is 23.2 Å². The van der Waals surface area contributed by atoms with Crippen LogP contribution >= 0.6 is 11.6 Å². The summed E-state index contributed by atoms with van der Waals surface area (Å²) in [6.45, 7) is -0.448. The third-order valence-electron chi connectivity index (χ3n) is 6.83. The summed E-state index contributed by atoms with van der Waals surface area (Å²) in [6.07, 6.45) is 8.69. The van der Waals surface area contributed by atoms with Crippen molar-refractivity contribution in [2.45, 2.75) is 44.9 Å². The number of hydrogen-bond acceptors (Lipinski definition) is 4. The first kappa shape index (κ1) is 21.4. The maximum Gasteiger partial charge on any atom is 0.259 e. The van der Waals surface area contributed by atoms with Gasteiger partial charge >= 0.3 is 0 Å². The van der Waals surface area contributed by atoms with Gasteiger partial charge in [-0.15, -0.1) is 0 Å². The molecule has 164 valence electrons. The SMILES string of the molecule is CS(=O)(=O)N(CC(=O)NNC(=O)CC12CC3CC(CC(C3)C1)C2)c1cccc(Cl)c1. The number of carbonyl (C=O) groups excluding carboxylic acids is 2. The highest BCUT2D eigenvalue weighted by Crippen LogP contribution is 2.61. The van der Waals surface area contributed by atoms with E-state index >= 15 is 0 Å². The summed E-state index contributed by atoms with van der Waals surface area (Å²) in [6, 6.07) is 6.27. The van der Waals surface area contributed by atoms with Crippen molar-refractivity contribution in [3.63, 3.8) is 0 Å². The van der Waals surface area contributed by atoms with Gasteiger partial charge in [0, 0.05) is 11.4 Å². The number of rotatable bonds is 6. The van der Waals surface area contributed by atoms with Gasteiger partial charge in [-0.2, -0.15) is 0 Å². The number of nitrogens with one attached hydrogen (secondary N) is 2. The van der Waals surface area contributed by atoms with Gasteiger partial charge in [0.15, 0.2) is 0 Å². The molecule has 9 heteroatoms. The Bertz CT molecular complexity index is 914. The van der Waals surface area contributed by atoms with Crippen LogP contribution in [0.15, 0.2) is 24.3 Å². The van der Waals surface area contributed by atoms with Crippen LogP contribution in [0.4, 0.5) is 5.69 Å². The highest BCUT2D eigenvalue weighted by atomic mass is 35.5. The van der Waals surface area contributed by atoms with E-state index in [1.165, 1.54) is 25.3 Å². The highest BCUT2D eigenvalue weighted by molar-refractivity contribution is 7.92. The van der Waals surface area contributed by atoms with E-state index in [0.717, 1.165) is 47.6 Å². The molecule has 1 aromatic rings. The number of hydrazine groups is 1. The summed E-state index contributed by atoms with van der Waals surface area (Å²) in [5, 5.41) is 0.366. The minimum Gasteiger partial charge on any atom is -0.273 e. The number of carbonyl (C=O) groups is 2. The Balaban J connectivity index is 1.33. The number of amides is 2. The van der Waals surface area contributed by atoms with Crippen LogP contribution in [0.25, 0.3) is 0 Å². The lowest BCUT2D eigenvalue weighted by Crippen LogP contribution is -2.51. The van der Waals surface area contributed by atoms with Gasteiger partial charge in [0.05, 0.1) is 11.9 Å². The first-order valence-corrected chi connectivity index (χ1v) is 12.7. The normalized spacial score (nSPS) is 29.5. The fourth-order valence-electron chi connectivity index (χ4n) is 6.23. The Morgan fingerprint density at radius 2 is 1.63 bits per heavy atom. The lowest BCUT2D eigenvalue weighted by molar-refractivity contribution is -0.133. The van der Waals surface area contributed by atoms with Crippen molar-refractivity contribution in [1.82, 2.24) is 10.9 Å². The van der Waals surface area contributed by atoms with Crippen molar-refractivity contribution in [2.24, 2.45) is 23.2 Å². The standard InChI is InChI=1S/C21H28ClN3O4S/c1-30(28,29)25(18-4-2-3-17(22)8-18)13-20(27)24-23-19(26)12-21-9-14-5-15(10-21)7-16(6-14)11-21/h2-4,8,14-16H,5-7,9-13H2,1H3,(H,23,26)(H,24,27). The number of benzene rings is 1. The molecule has 0 spiro atoms. The molecule has 7 nitrogen and oxygen atoms in total. The molecule has 4 fully saturated rings. The average molecular weight is 454 g/mol. The first-order chi connectivity index (χ1) is 14.1. The van der Waals surface area contributed by atoms with E-state index in [1.807, 2.05) is 0 Å². The number of sulfonamides is 1. The fourth-order valence-corrected chi connectivity index (χ4v) is 7.26. The molecular weight excluding hydrogens is 426 g/mol. The molecule has 2 amide bonds. The Morgan fingerprint density at radius 3 is 2.17 bits per heavy atom.